The summed E-state index contributed by atoms with van der Waals surface area (Å²) in [5, 5.41) is 10.2. The van der Waals surface area contributed by atoms with E-state index in [1.165, 1.54) is 12.1 Å². The summed E-state index contributed by atoms with van der Waals surface area (Å²) in [6, 6.07) is 14.4. The number of likely N-dealkylation sites (tertiary alicyclic amines) is 1. The van der Waals surface area contributed by atoms with Crippen LogP contribution < -0.4 is 5.32 Å². The van der Waals surface area contributed by atoms with E-state index in [-0.39, 0.29) is 29.3 Å². The zero-order chi connectivity index (χ0) is 28.1. The molecule has 2 aromatic carbocycles. The van der Waals surface area contributed by atoms with E-state index in [9.17, 15) is 27.2 Å². The quantitative estimate of drug-likeness (QED) is 0.402. The summed E-state index contributed by atoms with van der Waals surface area (Å²) in [5.41, 5.74) is 2.56. The van der Waals surface area contributed by atoms with Crippen molar-refractivity contribution in [3.63, 3.8) is 0 Å². The number of benzene rings is 2. The summed E-state index contributed by atoms with van der Waals surface area (Å²) >= 11 is 0. The molecule has 38 heavy (non-hydrogen) atoms. The fourth-order valence-corrected chi connectivity index (χ4v) is 5.25. The molecular weight excluding hydrogens is 504 g/mol. The minimum absolute atomic E-state index is 0.0864. The fourth-order valence-electron chi connectivity index (χ4n) is 5.25. The number of hydrogen-bond donors (Lipinski definition) is 2. The first-order valence-electron chi connectivity index (χ1n) is 12.5. The Bertz CT molecular complexity index is 1130. The van der Waals surface area contributed by atoms with Crippen LogP contribution in [0.25, 0.3) is 0 Å². The number of Topliss-reactive ketones (excluding diaryl/α,β-unsaturated/α-hetero) is 1. The van der Waals surface area contributed by atoms with Crippen LogP contribution in [0.15, 0.2) is 48.5 Å². The predicted molar refractivity (Wildman–Crippen MR) is 133 cm³/mol. The van der Waals surface area contributed by atoms with Gasteiger partial charge in [-0.3, -0.25) is 9.59 Å². The Morgan fingerprint density at radius 2 is 1.63 bits per heavy atom. The van der Waals surface area contributed by atoms with Crippen molar-refractivity contribution in [2.24, 2.45) is 11.3 Å². The monoisotopic (exact) mass is 536 g/mol. The number of piperidine rings is 1. The summed E-state index contributed by atoms with van der Waals surface area (Å²) in [5.74, 6) is -2.35. The Kier molecular flexibility index (Phi) is 9.30. The lowest BCUT2D eigenvalue weighted by Crippen LogP contribution is -2.47. The lowest BCUT2D eigenvalue weighted by atomic mass is 9.68. The molecule has 2 saturated heterocycles. The number of carboxylic acids is 1. The van der Waals surface area contributed by atoms with Gasteiger partial charge < -0.3 is 15.3 Å². The van der Waals surface area contributed by atoms with Gasteiger partial charge in [-0.25, -0.2) is 9.18 Å². The number of nitrogens with zero attached hydrogens (tertiary/aromatic N) is 1. The number of nitrogens with one attached hydrogen (secondary N) is 1. The van der Waals surface area contributed by atoms with Crippen LogP contribution in [0.4, 0.5) is 17.6 Å². The molecule has 6 nitrogen and oxygen atoms in total. The summed E-state index contributed by atoms with van der Waals surface area (Å²) in [7, 11) is 0. The summed E-state index contributed by atoms with van der Waals surface area (Å²) in [6.45, 7) is 7.30. The van der Waals surface area contributed by atoms with Crippen LogP contribution in [0.1, 0.15) is 53.6 Å². The van der Waals surface area contributed by atoms with E-state index >= 15 is 0 Å². The van der Waals surface area contributed by atoms with E-state index in [1.54, 1.807) is 0 Å². The average Bonchev–Trinajstić information content (AvgIpc) is 3.16. The Morgan fingerprint density at radius 3 is 2.16 bits per heavy atom. The maximum absolute atomic E-state index is 13.4. The van der Waals surface area contributed by atoms with E-state index in [0.717, 1.165) is 49.2 Å². The standard InChI is InChI=1S/C26H31FN2O2.C2HF3O2/c1-18-3-5-21(6-4-18)24(30)15-19(2)17-29-13-11-26(12-14-29)23(16-28-25(26)31)20-7-9-22(27)10-8-20;3-2(4,5)1(6)7/h3-10,19,23H,11-17H2,1-2H3,(H,28,31);(H,6,7)/t19-,23+;/m1./s1. The lowest BCUT2D eigenvalue weighted by Gasteiger charge is -2.41. The lowest BCUT2D eigenvalue weighted by molar-refractivity contribution is -0.192. The first-order chi connectivity index (χ1) is 17.8. The van der Waals surface area contributed by atoms with E-state index in [4.69, 9.17) is 9.90 Å². The number of aliphatic carboxylic acids is 1. The van der Waals surface area contributed by atoms with Gasteiger partial charge in [0.15, 0.2) is 5.78 Å². The van der Waals surface area contributed by atoms with Gasteiger partial charge in [0.25, 0.3) is 0 Å². The number of ketones is 1. The van der Waals surface area contributed by atoms with Gasteiger partial charge in [-0.15, -0.1) is 0 Å². The van der Waals surface area contributed by atoms with Gasteiger partial charge in [0.2, 0.25) is 5.91 Å². The van der Waals surface area contributed by atoms with Gasteiger partial charge >= 0.3 is 12.1 Å². The number of amides is 1. The second-order valence-electron chi connectivity index (χ2n) is 10.2. The molecule has 2 N–H and O–H groups in total. The molecule has 4 rings (SSSR count). The van der Waals surface area contributed by atoms with Crippen molar-refractivity contribution in [1.82, 2.24) is 10.2 Å². The van der Waals surface area contributed by atoms with Gasteiger partial charge in [0.05, 0.1) is 5.41 Å². The average molecular weight is 537 g/mol. The number of carbonyl (C=O) groups is 3. The fraction of sp³-hybridized carbons (Fsp3) is 0.464. The van der Waals surface area contributed by atoms with E-state index in [1.807, 2.05) is 43.3 Å². The number of rotatable bonds is 6. The van der Waals surface area contributed by atoms with Crippen LogP contribution in [-0.2, 0) is 9.59 Å². The molecule has 1 spiro atoms. The molecular formula is C28H32F4N2O4. The van der Waals surface area contributed by atoms with Crippen LogP contribution in [-0.4, -0.2) is 60.0 Å². The third kappa shape index (κ3) is 7.18. The predicted octanol–water partition coefficient (Wildman–Crippen LogP) is 4.97. The van der Waals surface area contributed by atoms with Crippen molar-refractivity contribution in [1.29, 1.82) is 0 Å². The van der Waals surface area contributed by atoms with Crippen LogP contribution in [0.5, 0.6) is 0 Å². The van der Waals surface area contributed by atoms with Crippen molar-refractivity contribution in [3.8, 4) is 0 Å². The third-order valence-corrected chi connectivity index (χ3v) is 7.33. The van der Waals surface area contributed by atoms with Crippen molar-refractivity contribution in [3.05, 3.63) is 71.0 Å². The first kappa shape index (κ1) is 29.3. The number of hydrogen-bond acceptors (Lipinski definition) is 4. The van der Waals surface area contributed by atoms with Crippen molar-refractivity contribution in [2.75, 3.05) is 26.2 Å². The van der Waals surface area contributed by atoms with Crippen LogP contribution in [0, 0.1) is 24.1 Å². The van der Waals surface area contributed by atoms with Gasteiger partial charge in [0, 0.05) is 31.0 Å². The van der Waals surface area contributed by atoms with Crippen LogP contribution >= 0.6 is 0 Å². The van der Waals surface area contributed by atoms with Crippen LogP contribution in [0.2, 0.25) is 0 Å². The van der Waals surface area contributed by atoms with E-state index < -0.39 is 17.6 Å². The highest BCUT2D eigenvalue weighted by molar-refractivity contribution is 5.96. The second kappa shape index (κ2) is 12.1. The van der Waals surface area contributed by atoms with E-state index in [2.05, 4.69) is 17.1 Å². The van der Waals surface area contributed by atoms with Crippen molar-refractivity contribution >= 4 is 17.7 Å². The van der Waals surface area contributed by atoms with Crippen molar-refractivity contribution < 1.29 is 37.1 Å². The molecule has 0 aliphatic carbocycles. The van der Waals surface area contributed by atoms with Gasteiger partial charge in [-0.05, 0) is 56.5 Å². The normalized spacial score (nSPS) is 19.8. The summed E-state index contributed by atoms with van der Waals surface area (Å²) in [4.78, 5) is 36.7. The van der Waals surface area contributed by atoms with Crippen molar-refractivity contribution in [2.45, 2.75) is 45.2 Å². The summed E-state index contributed by atoms with van der Waals surface area (Å²) in [6.07, 6.45) is -2.97. The molecule has 1 amide bonds. The topological polar surface area (TPSA) is 86.7 Å². The Morgan fingerprint density at radius 1 is 1.08 bits per heavy atom. The number of carbonyl (C=O) groups excluding carboxylic acids is 2. The zero-order valence-corrected chi connectivity index (χ0v) is 21.4. The molecule has 2 aromatic rings. The smallest absolute Gasteiger partial charge is 0.475 e. The molecule has 0 unspecified atom stereocenters. The van der Waals surface area contributed by atoms with Crippen LogP contribution in [0.3, 0.4) is 0 Å². The number of carboxylic acid groups (broad SMARTS) is 1. The molecule has 0 saturated carbocycles. The minimum Gasteiger partial charge on any atom is -0.475 e. The molecule has 2 aliphatic heterocycles. The molecule has 0 radical (unpaired) electrons. The maximum Gasteiger partial charge on any atom is 0.490 e. The highest BCUT2D eigenvalue weighted by atomic mass is 19.4. The molecule has 2 aliphatic rings. The first-order valence-corrected chi connectivity index (χ1v) is 12.5. The van der Waals surface area contributed by atoms with Gasteiger partial charge in [-0.1, -0.05) is 48.9 Å². The Labute approximate surface area is 219 Å². The van der Waals surface area contributed by atoms with Gasteiger partial charge in [-0.2, -0.15) is 13.2 Å². The zero-order valence-electron chi connectivity index (χ0n) is 21.4. The molecule has 2 heterocycles. The molecule has 2 fully saturated rings. The molecule has 0 bridgehead atoms. The van der Waals surface area contributed by atoms with Gasteiger partial charge in [0.1, 0.15) is 5.82 Å². The minimum atomic E-state index is -5.08. The Balaban J connectivity index is 0.000000505. The number of halogens is 4. The maximum atomic E-state index is 13.4. The highest BCUT2D eigenvalue weighted by Gasteiger charge is 2.51. The molecule has 2 atom stereocenters. The van der Waals surface area contributed by atoms with E-state index in [0.29, 0.717) is 13.0 Å². The summed E-state index contributed by atoms with van der Waals surface area (Å²) < 4.78 is 45.1. The number of alkyl halides is 3. The molecule has 0 aromatic heterocycles. The Hall–Kier alpha value is -3.27. The third-order valence-electron chi connectivity index (χ3n) is 7.33. The molecule has 10 heteroatoms. The molecule has 206 valence electrons. The SMILES string of the molecule is Cc1ccc(C(=O)C[C@@H](C)CN2CCC3(CC2)C(=O)NC[C@H]3c2ccc(F)cc2)cc1.O=C(O)C(F)(F)F. The number of aryl methyl sites for hydroxylation is 1. The second-order valence-corrected chi connectivity index (χ2v) is 10.2. The largest absolute Gasteiger partial charge is 0.490 e. The highest BCUT2D eigenvalue weighted by Crippen LogP contribution is 2.47.